The van der Waals surface area contributed by atoms with Gasteiger partial charge in [-0.25, -0.2) is 15.0 Å². The van der Waals surface area contributed by atoms with Crippen LogP contribution in [0.3, 0.4) is 0 Å². The minimum absolute atomic E-state index is 0.715. The highest BCUT2D eigenvalue weighted by molar-refractivity contribution is 6.25. The van der Waals surface area contributed by atoms with E-state index in [2.05, 4.69) is 182 Å². The molecular weight excluding hydrogens is 679 g/mol. The first kappa shape index (κ1) is 32.0. The summed E-state index contributed by atoms with van der Waals surface area (Å²) in [5.41, 5.74) is 11.6. The number of rotatable bonds is 5. The maximum atomic E-state index is 5.34. The summed E-state index contributed by atoms with van der Waals surface area (Å²) in [5.74, 6) is 0.715. The van der Waals surface area contributed by atoms with Crippen LogP contribution in [0.2, 0.25) is 0 Å². The molecule has 0 aliphatic carbocycles. The van der Waals surface area contributed by atoms with Gasteiger partial charge >= 0.3 is 0 Å². The molecule has 3 nitrogen and oxygen atoms in total. The van der Waals surface area contributed by atoms with Crippen LogP contribution in [0.4, 0.5) is 0 Å². The number of benzene rings is 9. The molecule has 0 saturated carbocycles. The smallest absolute Gasteiger partial charge is 0.160 e. The van der Waals surface area contributed by atoms with Crippen LogP contribution in [0.25, 0.3) is 110 Å². The molecule has 0 amide bonds. The van der Waals surface area contributed by atoms with Gasteiger partial charge in [-0.15, -0.1) is 0 Å². The van der Waals surface area contributed by atoms with E-state index in [1.807, 2.05) is 18.2 Å². The minimum atomic E-state index is 0.715. The highest BCUT2D eigenvalue weighted by Crippen LogP contribution is 2.42. The molecule has 0 radical (unpaired) electrons. The average Bonchev–Trinajstić information content (AvgIpc) is 3.28. The van der Waals surface area contributed by atoms with E-state index in [1.165, 1.54) is 32.5 Å². The number of hydrogen-bond acceptors (Lipinski definition) is 3. The van der Waals surface area contributed by atoms with Crippen molar-refractivity contribution in [3.8, 4) is 56.2 Å². The van der Waals surface area contributed by atoms with Crippen LogP contribution < -0.4 is 0 Å². The highest BCUT2D eigenvalue weighted by atomic mass is 14.9. The molecule has 3 heteroatoms. The average molecular weight is 712 g/mol. The number of para-hydroxylation sites is 2. The van der Waals surface area contributed by atoms with Crippen LogP contribution in [0, 0.1) is 0 Å². The van der Waals surface area contributed by atoms with Crippen LogP contribution in [0.1, 0.15) is 0 Å². The zero-order chi connectivity index (χ0) is 37.0. The minimum Gasteiger partial charge on any atom is -0.247 e. The van der Waals surface area contributed by atoms with E-state index in [4.69, 9.17) is 15.0 Å². The van der Waals surface area contributed by atoms with Gasteiger partial charge in [0.2, 0.25) is 0 Å². The first-order chi connectivity index (χ1) is 27.7. The van der Waals surface area contributed by atoms with Crippen molar-refractivity contribution in [3.05, 3.63) is 200 Å². The molecule has 0 saturated heterocycles. The Kier molecular flexibility index (Phi) is 7.49. The first-order valence-electron chi connectivity index (χ1n) is 19.0. The number of fused-ring (bicyclic) bond motifs is 7. The summed E-state index contributed by atoms with van der Waals surface area (Å²) in [6, 6.07) is 71.0. The van der Waals surface area contributed by atoms with E-state index in [0.29, 0.717) is 5.82 Å². The van der Waals surface area contributed by atoms with Gasteiger partial charge in [-0.05, 0) is 74.1 Å². The van der Waals surface area contributed by atoms with Crippen molar-refractivity contribution in [2.45, 2.75) is 0 Å². The molecule has 0 aliphatic rings. The van der Waals surface area contributed by atoms with Crippen LogP contribution in [-0.2, 0) is 0 Å². The molecule has 9 aromatic carbocycles. The molecule has 0 fully saturated rings. The summed E-state index contributed by atoms with van der Waals surface area (Å²) in [4.78, 5) is 15.5. The van der Waals surface area contributed by atoms with Gasteiger partial charge in [0.1, 0.15) is 0 Å². The fraction of sp³-hybridized carbons (Fsp3) is 0. The molecule has 0 atom stereocenters. The lowest BCUT2D eigenvalue weighted by Crippen LogP contribution is -1.95. The van der Waals surface area contributed by atoms with Crippen molar-refractivity contribution in [1.29, 1.82) is 0 Å². The van der Waals surface area contributed by atoms with Crippen LogP contribution >= 0.6 is 0 Å². The summed E-state index contributed by atoms with van der Waals surface area (Å²) in [5, 5.41) is 9.46. The summed E-state index contributed by atoms with van der Waals surface area (Å²) in [7, 11) is 0. The van der Waals surface area contributed by atoms with Crippen molar-refractivity contribution in [2.24, 2.45) is 0 Å². The van der Waals surface area contributed by atoms with Gasteiger partial charge in [0.25, 0.3) is 0 Å². The molecule has 0 bridgehead atoms. The van der Waals surface area contributed by atoms with Gasteiger partial charge in [0.05, 0.1) is 22.4 Å². The normalized spacial score (nSPS) is 11.6. The molecular formula is C53H33N3. The SMILES string of the molecule is c1ccc(-c2nc(-c3cccc(-c4ccc(-c5cc6c(-c7ccc8ccccc8c7)nc7ccccc7c6c6ccccc56)cc4)c3)nc3ccccc23)cc1. The molecule has 2 heterocycles. The molecule has 56 heavy (non-hydrogen) atoms. The predicted molar refractivity (Wildman–Crippen MR) is 235 cm³/mol. The molecule has 11 aromatic rings. The molecule has 2 aromatic heterocycles. The largest absolute Gasteiger partial charge is 0.247 e. The van der Waals surface area contributed by atoms with E-state index in [-0.39, 0.29) is 0 Å². The summed E-state index contributed by atoms with van der Waals surface area (Å²) in [6.07, 6.45) is 0. The van der Waals surface area contributed by atoms with E-state index in [1.54, 1.807) is 0 Å². The summed E-state index contributed by atoms with van der Waals surface area (Å²) in [6.45, 7) is 0. The number of aromatic nitrogens is 3. The Labute approximate surface area is 324 Å². The first-order valence-corrected chi connectivity index (χ1v) is 19.0. The van der Waals surface area contributed by atoms with E-state index in [0.717, 1.165) is 72.0 Å². The van der Waals surface area contributed by atoms with Gasteiger partial charge in [0, 0.05) is 38.2 Å². The van der Waals surface area contributed by atoms with Crippen molar-refractivity contribution in [1.82, 2.24) is 15.0 Å². The standard InChI is InChI=1S/C53H33N3/c1-2-14-37(15-3-1)51-45-22-9-11-24-49(45)55-53(56-51)41-18-12-17-39(32-41)35-25-28-36(29-26-35)46-33-47-50(43-20-7-6-19-42(43)46)44-21-8-10-23-48(44)54-52(47)40-30-27-34-13-4-5-16-38(34)31-40/h1-33H. The van der Waals surface area contributed by atoms with Crippen molar-refractivity contribution >= 4 is 54.1 Å². The van der Waals surface area contributed by atoms with Gasteiger partial charge in [-0.1, -0.05) is 170 Å². The lowest BCUT2D eigenvalue weighted by atomic mass is 9.89. The summed E-state index contributed by atoms with van der Waals surface area (Å²) < 4.78 is 0. The molecule has 0 aliphatic heterocycles. The lowest BCUT2D eigenvalue weighted by Gasteiger charge is -2.16. The number of hydrogen-bond donors (Lipinski definition) is 0. The van der Waals surface area contributed by atoms with Gasteiger partial charge in [-0.2, -0.15) is 0 Å². The zero-order valence-electron chi connectivity index (χ0n) is 30.4. The Morgan fingerprint density at radius 3 is 1.68 bits per heavy atom. The molecule has 260 valence electrons. The van der Waals surface area contributed by atoms with E-state index >= 15 is 0 Å². The second kappa shape index (κ2) is 13.1. The second-order valence-corrected chi connectivity index (χ2v) is 14.4. The topological polar surface area (TPSA) is 38.7 Å². The van der Waals surface area contributed by atoms with Crippen LogP contribution in [-0.4, -0.2) is 15.0 Å². The van der Waals surface area contributed by atoms with Gasteiger partial charge < -0.3 is 0 Å². The second-order valence-electron chi connectivity index (χ2n) is 14.4. The van der Waals surface area contributed by atoms with Gasteiger partial charge in [0.15, 0.2) is 5.82 Å². The number of nitrogens with zero attached hydrogens (tertiary/aromatic N) is 3. The zero-order valence-corrected chi connectivity index (χ0v) is 30.4. The van der Waals surface area contributed by atoms with Crippen molar-refractivity contribution in [2.75, 3.05) is 0 Å². The Morgan fingerprint density at radius 2 is 0.857 bits per heavy atom. The Balaban J connectivity index is 1.04. The Morgan fingerprint density at radius 1 is 0.268 bits per heavy atom. The summed E-state index contributed by atoms with van der Waals surface area (Å²) >= 11 is 0. The van der Waals surface area contributed by atoms with Crippen molar-refractivity contribution < 1.29 is 0 Å². The van der Waals surface area contributed by atoms with Crippen LogP contribution in [0.5, 0.6) is 0 Å². The maximum absolute atomic E-state index is 5.34. The Hall–Kier alpha value is -7.49. The third kappa shape index (κ3) is 5.40. The predicted octanol–water partition coefficient (Wildman–Crippen LogP) is 14.0. The monoisotopic (exact) mass is 711 g/mol. The molecule has 0 unspecified atom stereocenters. The van der Waals surface area contributed by atoms with E-state index in [9.17, 15) is 0 Å². The fourth-order valence-corrected chi connectivity index (χ4v) is 8.31. The quantitative estimate of drug-likeness (QED) is 0.167. The third-order valence-corrected chi connectivity index (χ3v) is 11.0. The fourth-order valence-electron chi connectivity index (χ4n) is 8.31. The highest BCUT2D eigenvalue weighted by Gasteiger charge is 2.17. The maximum Gasteiger partial charge on any atom is 0.160 e. The number of pyridine rings is 1. The van der Waals surface area contributed by atoms with Crippen molar-refractivity contribution in [3.63, 3.8) is 0 Å². The molecule has 0 spiro atoms. The molecule has 0 N–H and O–H groups in total. The lowest BCUT2D eigenvalue weighted by molar-refractivity contribution is 1.23. The van der Waals surface area contributed by atoms with Crippen LogP contribution in [0.15, 0.2) is 200 Å². The molecule has 11 rings (SSSR count). The van der Waals surface area contributed by atoms with E-state index < -0.39 is 0 Å². The Bertz CT molecular complexity index is 3300. The third-order valence-electron chi connectivity index (χ3n) is 11.0. The van der Waals surface area contributed by atoms with Gasteiger partial charge in [-0.3, -0.25) is 0 Å².